The Labute approximate surface area is 111 Å². The van der Waals surface area contributed by atoms with Crippen LogP contribution in [0.2, 0.25) is 0 Å². The highest BCUT2D eigenvalue weighted by molar-refractivity contribution is 5.63. The van der Waals surface area contributed by atoms with Crippen molar-refractivity contribution in [2.24, 2.45) is 0 Å². The van der Waals surface area contributed by atoms with E-state index in [1.54, 1.807) is 0 Å². The van der Waals surface area contributed by atoms with Crippen LogP contribution in [0.3, 0.4) is 0 Å². The zero-order valence-electron chi connectivity index (χ0n) is 10.5. The van der Waals surface area contributed by atoms with Crippen molar-refractivity contribution in [1.82, 2.24) is 9.97 Å². The van der Waals surface area contributed by atoms with Crippen LogP contribution in [0.25, 0.3) is 0 Å². The van der Waals surface area contributed by atoms with Crippen molar-refractivity contribution in [3.8, 4) is 0 Å². The second-order valence-corrected chi connectivity index (χ2v) is 4.57. The van der Waals surface area contributed by atoms with E-state index in [1.165, 1.54) is 6.92 Å². The van der Waals surface area contributed by atoms with Gasteiger partial charge in [0.15, 0.2) is 0 Å². The smallest absolute Gasteiger partial charge is 0.368 e. The summed E-state index contributed by atoms with van der Waals surface area (Å²) in [7, 11) is 0. The molecule has 1 aliphatic rings. The number of rotatable bonds is 4. The lowest BCUT2D eigenvalue weighted by molar-refractivity contribution is -0.385. The van der Waals surface area contributed by atoms with Crippen molar-refractivity contribution < 1.29 is 18.1 Å². The van der Waals surface area contributed by atoms with E-state index in [0.29, 0.717) is 12.8 Å². The third-order valence-electron chi connectivity index (χ3n) is 2.85. The van der Waals surface area contributed by atoms with Gasteiger partial charge in [-0.05, 0) is 19.8 Å². The minimum absolute atomic E-state index is 0.0506. The molecule has 2 N–H and O–H groups in total. The summed E-state index contributed by atoms with van der Waals surface area (Å²) in [6.07, 6.45) is -3.41. The van der Waals surface area contributed by atoms with E-state index in [0.717, 1.165) is 4.90 Å². The van der Waals surface area contributed by atoms with Crippen LogP contribution in [0, 0.1) is 17.0 Å². The summed E-state index contributed by atoms with van der Waals surface area (Å²) in [4.78, 5) is 18.4. The molecule has 20 heavy (non-hydrogen) atoms. The van der Waals surface area contributed by atoms with Crippen molar-refractivity contribution >= 4 is 17.5 Å². The molecule has 0 aliphatic heterocycles. The van der Waals surface area contributed by atoms with Crippen molar-refractivity contribution in [1.29, 1.82) is 0 Å². The Morgan fingerprint density at radius 3 is 2.50 bits per heavy atom. The van der Waals surface area contributed by atoms with Crippen LogP contribution in [-0.2, 0) is 0 Å². The first-order valence-corrected chi connectivity index (χ1v) is 5.81. The Morgan fingerprint density at radius 1 is 1.45 bits per heavy atom. The summed E-state index contributed by atoms with van der Waals surface area (Å²) in [6.45, 7) is 0.0206. The number of aryl methyl sites for hydroxylation is 1. The molecule has 0 amide bonds. The van der Waals surface area contributed by atoms with Crippen LogP contribution >= 0.6 is 0 Å². The number of aromatic nitrogens is 2. The van der Waals surface area contributed by atoms with Gasteiger partial charge in [-0.15, -0.1) is 0 Å². The van der Waals surface area contributed by atoms with Gasteiger partial charge in [0, 0.05) is 6.04 Å². The quantitative estimate of drug-likeness (QED) is 0.671. The lowest BCUT2D eigenvalue weighted by atomic mass is 10.3. The number of hydrogen-bond acceptors (Lipinski definition) is 6. The lowest BCUT2D eigenvalue weighted by Gasteiger charge is -2.24. The van der Waals surface area contributed by atoms with E-state index >= 15 is 0 Å². The standard InChI is InChI=1S/C10H12F3N5O2/c1-5-7(18(19)20)8(16-9(14)15-5)17(6-2-3-6)4-10(11,12)13/h6H,2-4H2,1H3,(H2,14,15,16). The molecule has 10 heteroatoms. The first-order chi connectivity index (χ1) is 9.19. The van der Waals surface area contributed by atoms with Crippen LogP contribution in [0.4, 0.5) is 30.6 Å². The zero-order valence-corrected chi connectivity index (χ0v) is 10.5. The molecule has 1 aliphatic carbocycles. The summed E-state index contributed by atoms with van der Waals surface area (Å²) in [5, 5.41) is 11.0. The average molecular weight is 291 g/mol. The number of halogens is 3. The van der Waals surface area contributed by atoms with Crippen molar-refractivity contribution in [3.63, 3.8) is 0 Å². The average Bonchev–Trinajstić information content (AvgIpc) is 3.06. The first-order valence-electron chi connectivity index (χ1n) is 5.81. The Balaban J connectivity index is 2.49. The van der Waals surface area contributed by atoms with Crippen LogP contribution in [0.15, 0.2) is 0 Å². The van der Waals surface area contributed by atoms with Gasteiger partial charge in [0.05, 0.1) is 4.92 Å². The molecule has 1 aromatic heterocycles. The summed E-state index contributed by atoms with van der Waals surface area (Å²) < 4.78 is 37.9. The number of nitrogens with zero attached hydrogens (tertiary/aromatic N) is 4. The minimum Gasteiger partial charge on any atom is -0.368 e. The van der Waals surface area contributed by atoms with E-state index in [1.807, 2.05) is 0 Å². The number of hydrogen-bond donors (Lipinski definition) is 1. The largest absolute Gasteiger partial charge is 0.405 e. The second-order valence-electron chi connectivity index (χ2n) is 4.57. The molecule has 1 heterocycles. The molecule has 1 saturated carbocycles. The molecule has 7 nitrogen and oxygen atoms in total. The molecule has 0 unspecified atom stereocenters. The number of alkyl halides is 3. The number of nitrogen functional groups attached to an aromatic ring is 1. The molecule has 0 atom stereocenters. The van der Waals surface area contributed by atoms with E-state index in [-0.39, 0.29) is 17.5 Å². The summed E-state index contributed by atoms with van der Waals surface area (Å²) in [5.41, 5.74) is 4.82. The molecule has 1 fully saturated rings. The number of nitro groups is 1. The Hall–Kier alpha value is -2.13. The molecule has 0 aromatic carbocycles. The maximum Gasteiger partial charge on any atom is 0.405 e. The molecule has 0 bridgehead atoms. The summed E-state index contributed by atoms with van der Waals surface area (Å²) in [6, 6.07) is -0.399. The predicted octanol–water partition coefficient (Wildman–Crippen LogP) is 1.81. The van der Waals surface area contributed by atoms with Gasteiger partial charge in [-0.25, -0.2) is 4.98 Å². The normalized spacial score (nSPS) is 15.2. The van der Waals surface area contributed by atoms with E-state index in [4.69, 9.17) is 5.73 Å². The topological polar surface area (TPSA) is 98.2 Å². The molecule has 2 rings (SSSR count). The molecule has 0 saturated heterocycles. The Morgan fingerprint density at radius 2 is 2.05 bits per heavy atom. The maximum atomic E-state index is 12.6. The summed E-state index contributed by atoms with van der Waals surface area (Å²) in [5.74, 6) is -0.643. The third kappa shape index (κ3) is 3.06. The van der Waals surface area contributed by atoms with Gasteiger partial charge in [0.25, 0.3) is 0 Å². The monoisotopic (exact) mass is 291 g/mol. The van der Waals surface area contributed by atoms with E-state index in [9.17, 15) is 23.3 Å². The molecular formula is C10H12F3N5O2. The van der Waals surface area contributed by atoms with Crippen LogP contribution in [-0.4, -0.2) is 33.7 Å². The van der Waals surface area contributed by atoms with Gasteiger partial charge in [0.1, 0.15) is 12.2 Å². The predicted molar refractivity (Wildman–Crippen MR) is 64.3 cm³/mol. The highest BCUT2D eigenvalue weighted by Gasteiger charge is 2.42. The van der Waals surface area contributed by atoms with Gasteiger partial charge in [0.2, 0.25) is 11.8 Å². The van der Waals surface area contributed by atoms with Crippen LogP contribution in [0.1, 0.15) is 18.5 Å². The fourth-order valence-electron chi connectivity index (χ4n) is 1.94. The second kappa shape index (κ2) is 4.76. The SMILES string of the molecule is Cc1nc(N)nc(N(CC(F)(F)F)C2CC2)c1[N+](=O)[O-]. The van der Waals surface area contributed by atoms with Gasteiger partial charge < -0.3 is 10.6 Å². The van der Waals surface area contributed by atoms with E-state index < -0.39 is 29.4 Å². The lowest BCUT2D eigenvalue weighted by Crippen LogP contribution is -2.37. The summed E-state index contributed by atoms with van der Waals surface area (Å²) >= 11 is 0. The van der Waals surface area contributed by atoms with Gasteiger partial charge in [-0.1, -0.05) is 0 Å². The van der Waals surface area contributed by atoms with Crippen LogP contribution in [0.5, 0.6) is 0 Å². The fourth-order valence-corrected chi connectivity index (χ4v) is 1.94. The Kier molecular flexibility index (Phi) is 3.40. The Bertz CT molecular complexity index is 544. The number of nitrogens with two attached hydrogens (primary N) is 1. The maximum absolute atomic E-state index is 12.6. The molecule has 0 radical (unpaired) electrons. The van der Waals surface area contributed by atoms with Crippen molar-refractivity contribution in [3.05, 3.63) is 15.8 Å². The molecule has 110 valence electrons. The van der Waals surface area contributed by atoms with Crippen molar-refractivity contribution in [2.75, 3.05) is 17.2 Å². The zero-order chi connectivity index (χ0) is 15.1. The van der Waals surface area contributed by atoms with Gasteiger partial charge in [-0.2, -0.15) is 18.2 Å². The van der Waals surface area contributed by atoms with Crippen molar-refractivity contribution in [2.45, 2.75) is 32.0 Å². The van der Waals surface area contributed by atoms with Crippen LogP contribution < -0.4 is 10.6 Å². The highest BCUT2D eigenvalue weighted by atomic mass is 19.4. The number of anilines is 2. The minimum atomic E-state index is -4.48. The van der Waals surface area contributed by atoms with E-state index in [2.05, 4.69) is 9.97 Å². The van der Waals surface area contributed by atoms with Gasteiger partial charge in [-0.3, -0.25) is 10.1 Å². The highest BCUT2D eigenvalue weighted by Crippen LogP contribution is 2.38. The third-order valence-corrected chi connectivity index (χ3v) is 2.85. The molecule has 1 aromatic rings. The molecular weight excluding hydrogens is 279 g/mol. The fraction of sp³-hybridized carbons (Fsp3) is 0.600. The molecule has 0 spiro atoms. The van der Waals surface area contributed by atoms with Gasteiger partial charge >= 0.3 is 11.9 Å². The first kappa shape index (κ1) is 14.3.